The highest BCUT2D eigenvalue weighted by Gasteiger charge is 2.31. The molecule has 3 rings (SSSR count). The second kappa shape index (κ2) is 8.14. The van der Waals surface area contributed by atoms with Gasteiger partial charge in [-0.1, -0.05) is 30.3 Å². The van der Waals surface area contributed by atoms with E-state index in [0.29, 0.717) is 32.6 Å². The lowest BCUT2D eigenvalue weighted by atomic mass is 10.1. The molecule has 1 aliphatic heterocycles. The van der Waals surface area contributed by atoms with Crippen LogP contribution in [0.15, 0.2) is 30.3 Å². The van der Waals surface area contributed by atoms with Crippen LogP contribution < -0.4 is 5.32 Å². The summed E-state index contributed by atoms with van der Waals surface area (Å²) in [5.41, 5.74) is 1.24. The van der Waals surface area contributed by atoms with Gasteiger partial charge >= 0.3 is 11.8 Å². The average Bonchev–Trinajstić information content (AvgIpc) is 3.46. The molecule has 0 aromatic heterocycles. The maximum absolute atomic E-state index is 12.3. The van der Waals surface area contributed by atoms with Crippen molar-refractivity contribution in [1.82, 2.24) is 15.1 Å². The Morgan fingerprint density at radius 3 is 2.24 bits per heavy atom. The van der Waals surface area contributed by atoms with Crippen LogP contribution in [0.1, 0.15) is 31.2 Å². The van der Waals surface area contributed by atoms with Crippen LogP contribution in [0.25, 0.3) is 0 Å². The van der Waals surface area contributed by atoms with Gasteiger partial charge < -0.3 is 15.1 Å². The summed E-state index contributed by atoms with van der Waals surface area (Å²) < 4.78 is 0. The number of aryl methyl sites for hydroxylation is 1. The van der Waals surface area contributed by atoms with Crippen LogP contribution in [0.4, 0.5) is 0 Å². The van der Waals surface area contributed by atoms with Crippen LogP contribution in [0.3, 0.4) is 0 Å². The minimum Gasteiger partial charge on any atom is -0.345 e. The van der Waals surface area contributed by atoms with Crippen molar-refractivity contribution in [3.05, 3.63) is 35.9 Å². The lowest BCUT2D eigenvalue weighted by Gasteiger charge is -2.34. The molecule has 3 amide bonds. The van der Waals surface area contributed by atoms with Crippen LogP contribution in [-0.2, 0) is 20.8 Å². The molecule has 0 bridgehead atoms. The first-order valence-electron chi connectivity index (χ1n) is 9.05. The Kier molecular flexibility index (Phi) is 5.68. The van der Waals surface area contributed by atoms with Crippen LogP contribution in [0.5, 0.6) is 0 Å². The molecule has 2 fully saturated rings. The SMILES string of the molecule is O=C(NC1CC1)C(=O)N1CCN(C(=O)CCCc2ccccc2)CC1. The Bertz CT molecular complexity index is 620. The van der Waals surface area contributed by atoms with Crippen molar-refractivity contribution in [2.75, 3.05) is 26.2 Å². The van der Waals surface area contributed by atoms with Crippen molar-refractivity contribution < 1.29 is 14.4 Å². The molecule has 0 unspecified atom stereocenters. The molecule has 1 heterocycles. The van der Waals surface area contributed by atoms with Crippen molar-refractivity contribution >= 4 is 17.7 Å². The van der Waals surface area contributed by atoms with Crippen molar-refractivity contribution in [3.63, 3.8) is 0 Å². The zero-order valence-electron chi connectivity index (χ0n) is 14.4. The van der Waals surface area contributed by atoms with E-state index >= 15 is 0 Å². The van der Waals surface area contributed by atoms with E-state index in [9.17, 15) is 14.4 Å². The van der Waals surface area contributed by atoms with Crippen LogP contribution >= 0.6 is 0 Å². The number of nitrogens with one attached hydrogen (secondary N) is 1. The standard InChI is InChI=1S/C19H25N3O3/c23-17(8-4-7-15-5-2-1-3-6-15)21-11-13-22(14-12-21)19(25)18(24)20-16-9-10-16/h1-3,5-6,16H,4,7-14H2,(H,20,24). The van der Waals surface area contributed by atoms with Crippen molar-refractivity contribution in [3.8, 4) is 0 Å². The normalized spacial score (nSPS) is 17.3. The van der Waals surface area contributed by atoms with Gasteiger partial charge in [0.15, 0.2) is 0 Å². The van der Waals surface area contributed by atoms with E-state index < -0.39 is 11.8 Å². The third-order valence-corrected chi connectivity index (χ3v) is 4.73. The maximum atomic E-state index is 12.3. The fraction of sp³-hybridized carbons (Fsp3) is 0.526. The number of amides is 3. The molecule has 0 atom stereocenters. The Morgan fingerprint density at radius 2 is 1.60 bits per heavy atom. The quantitative estimate of drug-likeness (QED) is 0.810. The fourth-order valence-electron chi connectivity index (χ4n) is 3.02. The summed E-state index contributed by atoms with van der Waals surface area (Å²) in [6.45, 7) is 1.88. The predicted octanol–water partition coefficient (Wildman–Crippen LogP) is 0.959. The molecular formula is C19H25N3O3. The molecule has 1 aromatic carbocycles. The molecular weight excluding hydrogens is 318 g/mol. The highest BCUT2D eigenvalue weighted by Crippen LogP contribution is 2.18. The van der Waals surface area contributed by atoms with E-state index in [1.807, 2.05) is 18.2 Å². The van der Waals surface area contributed by atoms with Gasteiger partial charge in [-0.3, -0.25) is 14.4 Å². The molecule has 6 nitrogen and oxygen atoms in total. The third-order valence-electron chi connectivity index (χ3n) is 4.73. The van der Waals surface area contributed by atoms with Gasteiger partial charge in [0.25, 0.3) is 0 Å². The minimum atomic E-state index is -0.509. The summed E-state index contributed by atoms with van der Waals surface area (Å²) >= 11 is 0. The lowest BCUT2D eigenvalue weighted by molar-refractivity contribution is -0.148. The molecule has 1 N–H and O–H groups in total. The van der Waals surface area contributed by atoms with Gasteiger partial charge in [0.2, 0.25) is 5.91 Å². The largest absolute Gasteiger partial charge is 0.345 e. The molecule has 1 aliphatic carbocycles. The molecule has 134 valence electrons. The van der Waals surface area contributed by atoms with Gasteiger partial charge in [-0.15, -0.1) is 0 Å². The third kappa shape index (κ3) is 5.05. The monoisotopic (exact) mass is 343 g/mol. The molecule has 1 saturated heterocycles. The van der Waals surface area contributed by atoms with Gasteiger partial charge in [0.1, 0.15) is 0 Å². The van der Waals surface area contributed by atoms with Gasteiger partial charge in [-0.05, 0) is 31.2 Å². The summed E-state index contributed by atoms with van der Waals surface area (Å²) in [7, 11) is 0. The molecule has 0 spiro atoms. The van der Waals surface area contributed by atoms with E-state index in [4.69, 9.17) is 0 Å². The number of piperazine rings is 1. The van der Waals surface area contributed by atoms with Gasteiger partial charge in [0.05, 0.1) is 0 Å². The van der Waals surface area contributed by atoms with Gasteiger partial charge in [0, 0.05) is 38.6 Å². The van der Waals surface area contributed by atoms with Crippen LogP contribution in [-0.4, -0.2) is 59.7 Å². The van der Waals surface area contributed by atoms with Crippen molar-refractivity contribution in [2.24, 2.45) is 0 Å². The number of rotatable bonds is 5. The summed E-state index contributed by atoms with van der Waals surface area (Å²) in [6.07, 6.45) is 4.16. The highest BCUT2D eigenvalue weighted by atomic mass is 16.2. The first kappa shape index (κ1) is 17.5. The number of hydrogen-bond acceptors (Lipinski definition) is 3. The van der Waals surface area contributed by atoms with E-state index in [1.165, 1.54) is 5.56 Å². The maximum Gasteiger partial charge on any atom is 0.312 e. The fourth-order valence-corrected chi connectivity index (χ4v) is 3.02. The molecule has 1 saturated carbocycles. The molecule has 25 heavy (non-hydrogen) atoms. The predicted molar refractivity (Wildman–Crippen MR) is 93.7 cm³/mol. The van der Waals surface area contributed by atoms with E-state index in [2.05, 4.69) is 17.4 Å². The van der Waals surface area contributed by atoms with Crippen LogP contribution in [0, 0.1) is 0 Å². The molecule has 2 aliphatic rings. The lowest BCUT2D eigenvalue weighted by Crippen LogP contribution is -2.54. The summed E-state index contributed by atoms with van der Waals surface area (Å²) in [6, 6.07) is 10.3. The Hall–Kier alpha value is -2.37. The Morgan fingerprint density at radius 1 is 0.960 bits per heavy atom. The zero-order valence-corrected chi connectivity index (χ0v) is 14.4. The van der Waals surface area contributed by atoms with E-state index in [1.54, 1.807) is 9.80 Å². The van der Waals surface area contributed by atoms with E-state index in [-0.39, 0.29) is 11.9 Å². The first-order chi connectivity index (χ1) is 12.1. The van der Waals surface area contributed by atoms with Gasteiger partial charge in [-0.2, -0.15) is 0 Å². The number of carbonyl (C=O) groups excluding carboxylic acids is 3. The first-order valence-corrected chi connectivity index (χ1v) is 9.05. The second-order valence-electron chi connectivity index (χ2n) is 6.76. The number of benzene rings is 1. The molecule has 6 heteroatoms. The zero-order chi connectivity index (χ0) is 17.6. The summed E-state index contributed by atoms with van der Waals surface area (Å²) in [4.78, 5) is 39.5. The van der Waals surface area contributed by atoms with E-state index in [0.717, 1.165) is 25.7 Å². The Labute approximate surface area is 148 Å². The van der Waals surface area contributed by atoms with Crippen molar-refractivity contribution in [1.29, 1.82) is 0 Å². The second-order valence-corrected chi connectivity index (χ2v) is 6.76. The van der Waals surface area contributed by atoms with Crippen molar-refractivity contribution in [2.45, 2.75) is 38.1 Å². The average molecular weight is 343 g/mol. The number of nitrogens with zero attached hydrogens (tertiary/aromatic N) is 2. The molecule has 1 aromatic rings. The smallest absolute Gasteiger partial charge is 0.312 e. The topological polar surface area (TPSA) is 69.7 Å². The van der Waals surface area contributed by atoms with Gasteiger partial charge in [-0.25, -0.2) is 0 Å². The molecule has 0 radical (unpaired) electrons. The summed E-state index contributed by atoms with van der Waals surface area (Å²) in [5.74, 6) is -0.848. The minimum absolute atomic E-state index is 0.130. The van der Waals surface area contributed by atoms with Crippen LogP contribution in [0.2, 0.25) is 0 Å². The number of hydrogen-bond donors (Lipinski definition) is 1. The highest BCUT2D eigenvalue weighted by molar-refractivity contribution is 6.35. The number of carbonyl (C=O) groups is 3. The Balaban J connectivity index is 1.37. The summed E-state index contributed by atoms with van der Waals surface area (Å²) in [5, 5.41) is 2.72.